The summed E-state index contributed by atoms with van der Waals surface area (Å²) in [6, 6.07) is 16.6. The van der Waals surface area contributed by atoms with E-state index in [0.29, 0.717) is 5.92 Å². The van der Waals surface area contributed by atoms with E-state index >= 15 is 0 Å². The first-order chi connectivity index (χ1) is 13.5. The molecule has 0 aliphatic heterocycles. The molecule has 3 rings (SSSR count). The monoisotopic (exact) mass is 427 g/mol. The Balaban J connectivity index is 0.000000490. The maximum Gasteiger partial charge on any atom is 1.00 e. The van der Waals surface area contributed by atoms with Crippen molar-refractivity contribution in [2.45, 2.75) is 25.8 Å². The van der Waals surface area contributed by atoms with Crippen LogP contribution in [0.4, 0.5) is 0 Å². The molecular weight excluding hydrogens is 401 g/mol. The fourth-order valence-corrected chi connectivity index (χ4v) is 2.81. The molecule has 2 aromatic carbocycles. The molecule has 1 aliphatic carbocycles. The second-order valence-electron chi connectivity index (χ2n) is 6.01. The Bertz CT molecular complexity index is 743. The maximum atomic E-state index is 10.4. The van der Waals surface area contributed by atoms with Crippen LogP contribution in [0.3, 0.4) is 0 Å². The summed E-state index contributed by atoms with van der Waals surface area (Å²) in [7, 11) is 0. The minimum atomic E-state index is -1.05. The Labute approximate surface area is 212 Å². The molecule has 2 aromatic rings. The maximum absolute atomic E-state index is 10.4. The van der Waals surface area contributed by atoms with E-state index in [4.69, 9.17) is 15.4 Å². The molecule has 0 aromatic heterocycles. The third kappa shape index (κ3) is 8.25. The van der Waals surface area contributed by atoms with Gasteiger partial charge in [0.1, 0.15) is 6.61 Å². The molecule has 0 unspecified atom stereocenters. The molecule has 0 radical (unpaired) electrons. The zero-order valence-corrected chi connectivity index (χ0v) is 20.0. The number of fused-ring (bicyclic) bond motifs is 3. The van der Waals surface area contributed by atoms with Gasteiger partial charge in [-0.3, -0.25) is 9.59 Å². The van der Waals surface area contributed by atoms with Crippen molar-refractivity contribution in [3.8, 4) is 11.1 Å². The molecular formula is C20H26KN3O5. The van der Waals surface area contributed by atoms with Crippen LogP contribution in [-0.2, 0) is 9.59 Å². The number of hydrogen-bond acceptors (Lipinski definition) is 5. The predicted octanol–water partition coefficient (Wildman–Crippen LogP) is -0.944. The van der Waals surface area contributed by atoms with Gasteiger partial charge in [-0.25, -0.2) is 5.90 Å². The molecule has 29 heavy (non-hydrogen) atoms. The van der Waals surface area contributed by atoms with E-state index in [0.717, 1.165) is 0 Å². The van der Waals surface area contributed by atoms with Gasteiger partial charge in [0.25, 0.3) is 5.97 Å². The third-order valence-electron chi connectivity index (χ3n) is 4.29. The Morgan fingerprint density at radius 1 is 1.07 bits per heavy atom. The number of carboxylic acid groups (broad SMARTS) is 1. The van der Waals surface area contributed by atoms with Crippen molar-refractivity contribution < 1.29 is 76.4 Å². The average Bonchev–Trinajstić information content (AvgIpc) is 3.02. The largest absolute Gasteiger partial charge is 1.00 e. The topological polar surface area (TPSA) is 147 Å². The van der Waals surface area contributed by atoms with Gasteiger partial charge in [-0.15, -0.1) is 0 Å². The van der Waals surface area contributed by atoms with Gasteiger partial charge in [-0.05, 0) is 28.3 Å². The smallest absolute Gasteiger partial charge is 0.633 e. The van der Waals surface area contributed by atoms with Gasteiger partial charge >= 0.3 is 51.4 Å². The van der Waals surface area contributed by atoms with E-state index in [1.807, 2.05) is 0 Å². The van der Waals surface area contributed by atoms with Gasteiger partial charge in [-0.2, -0.15) is 0 Å². The first kappa shape index (κ1) is 27.9. The van der Waals surface area contributed by atoms with Crippen LogP contribution in [0.5, 0.6) is 0 Å². The molecule has 6 N–H and O–H groups in total. The van der Waals surface area contributed by atoms with Crippen LogP contribution >= 0.6 is 0 Å². The van der Waals surface area contributed by atoms with Gasteiger partial charge < -0.3 is 26.1 Å². The van der Waals surface area contributed by atoms with E-state index < -0.39 is 24.5 Å². The molecule has 9 heteroatoms. The minimum absolute atomic E-state index is 0. The Morgan fingerprint density at radius 2 is 1.52 bits per heavy atom. The summed E-state index contributed by atoms with van der Waals surface area (Å²) in [5, 5.41) is 28.9. The van der Waals surface area contributed by atoms with Gasteiger partial charge in [0.2, 0.25) is 5.91 Å². The molecule has 0 fully saturated rings. The summed E-state index contributed by atoms with van der Waals surface area (Å²) in [6.45, 7) is 2.97. The van der Waals surface area contributed by atoms with Gasteiger partial charge in [0, 0.05) is 5.92 Å². The SMILES string of the molecule is CC1c2ccccc2-c2ccccc21.C[C@H]([N-]CNC(=O)CO)C(=O)O.NO.[K+]. The number of carbonyl (C=O) groups excluding carboxylic acids is 1. The summed E-state index contributed by atoms with van der Waals surface area (Å²) < 4.78 is 0. The third-order valence-corrected chi connectivity index (χ3v) is 4.29. The summed E-state index contributed by atoms with van der Waals surface area (Å²) in [5.74, 6) is 2.44. The Morgan fingerprint density at radius 3 is 1.93 bits per heavy atom. The molecule has 0 saturated carbocycles. The number of nitrogens with one attached hydrogen (secondary N) is 1. The fraction of sp³-hybridized carbons (Fsp3) is 0.300. The van der Waals surface area contributed by atoms with Crippen LogP contribution < -0.4 is 62.6 Å². The molecule has 0 bridgehead atoms. The summed E-state index contributed by atoms with van der Waals surface area (Å²) in [6.07, 6.45) is 0. The summed E-state index contributed by atoms with van der Waals surface area (Å²) in [4.78, 5) is 20.6. The first-order valence-corrected chi connectivity index (χ1v) is 8.66. The average molecular weight is 428 g/mol. The van der Waals surface area contributed by atoms with Gasteiger partial charge in [-0.1, -0.05) is 69.0 Å². The first-order valence-electron chi connectivity index (χ1n) is 8.66. The van der Waals surface area contributed by atoms with Crippen molar-refractivity contribution in [1.29, 1.82) is 0 Å². The Hall–Kier alpha value is -1.14. The number of nitrogens with two attached hydrogens (primary N) is 1. The van der Waals surface area contributed by atoms with Crippen molar-refractivity contribution in [3.63, 3.8) is 0 Å². The molecule has 8 nitrogen and oxygen atoms in total. The predicted molar refractivity (Wildman–Crippen MR) is 106 cm³/mol. The fourth-order valence-electron chi connectivity index (χ4n) is 2.81. The van der Waals surface area contributed by atoms with E-state index in [1.54, 1.807) is 0 Å². The standard InChI is InChI=1S/C14H12.C6H11N2O4.K.H3NO/c1-10-11-6-2-4-8-13(11)14-9-5-3-7-12(10)14;1-4(6(11)12)7-3-8-5(10)2-9;;1-2/h2-10H,1H3;4,9H,2-3H2,1H3,(H,8,10)(H,11,12);;2H,1H2/q;-1;+1;/t;4-;;/m.0../s1. The number of rotatable bonds is 5. The van der Waals surface area contributed by atoms with Gasteiger partial charge in [0.05, 0.1) is 0 Å². The number of aliphatic hydroxyl groups excluding tert-OH is 1. The minimum Gasteiger partial charge on any atom is -0.633 e. The number of carbonyl (C=O) groups is 2. The number of amides is 1. The van der Waals surface area contributed by atoms with Crippen LogP contribution in [0.25, 0.3) is 16.4 Å². The summed E-state index contributed by atoms with van der Waals surface area (Å²) in [5.41, 5.74) is 5.76. The molecule has 0 heterocycles. The zero-order valence-electron chi connectivity index (χ0n) is 16.9. The van der Waals surface area contributed by atoms with Crippen molar-refractivity contribution in [2.75, 3.05) is 13.3 Å². The Kier molecular flexibility index (Phi) is 14.2. The van der Waals surface area contributed by atoms with E-state index in [1.165, 1.54) is 29.2 Å². The van der Waals surface area contributed by atoms with Crippen LogP contribution in [0.1, 0.15) is 30.9 Å². The number of nitrogens with zero attached hydrogens (tertiary/aromatic N) is 1. The van der Waals surface area contributed by atoms with Crippen LogP contribution in [-0.4, -0.2) is 46.6 Å². The second-order valence-corrected chi connectivity index (χ2v) is 6.01. The van der Waals surface area contributed by atoms with Crippen LogP contribution in [0, 0.1) is 0 Å². The van der Waals surface area contributed by atoms with Crippen molar-refractivity contribution in [3.05, 3.63) is 65.0 Å². The van der Waals surface area contributed by atoms with Crippen molar-refractivity contribution in [1.82, 2.24) is 5.32 Å². The molecule has 1 aliphatic rings. The van der Waals surface area contributed by atoms with Gasteiger partial charge in [0.15, 0.2) is 0 Å². The zero-order chi connectivity index (χ0) is 21.1. The quantitative estimate of drug-likeness (QED) is 0.307. The molecule has 152 valence electrons. The number of carboxylic acids is 1. The molecule has 1 atom stereocenters. The number of hydrogen-bond donors (Lipinski definition) is 5. The summed E-state index contributed by atoms with van der Waals surface area (Å²) >= 11 is 0. The van der Waals surface area contributed by atoms with Crippen LogP contribution in [0.2, 0.25) is 0 Å². The second kappa shape index (κ2) is 14.8. The van der Waals surface area contributed by atoms with Crippen molar-refractivity contribution >= 4 is 11.9 Å². The molecule has 0 saturated heterocycles. The van der Waals surface area contributed by atoms with Crippen LogP contribution in [0.15, 0.2) is 48.5 Å². The van der Waals surface area contributed by atoms with Crippen molar-refractivity contribution in [2.24, 2.45) is 5.90 Å². The van der Waals surface area contributed by atoms with E-state index in [-0.39, 0.29) is 58.1 Å². The van der Waals surface area contributed by atoms with E-state index in [9.17, 15) is 9.59 Å². The van der Waals surface area contributed by atoms with E-state index in [2.05, 4.69) is 72.0 Å². The number of aliphatic hydroxyl groups is 1. The normalized spacial score (nSPS) is 11.9. The number of benzene rings is 2. The number of aliphatic carboxylic acids is 1. The molecule has 1 amide bonds. The molecule has 0 spiro atoms.